The summed E-state index contributed by atoms with van der Waals surface area (Å²) in [7, 11) is 0. The molecule has 0 amide bonds. The molecular formula is C18H22N2O. The van der Waals surface area contributed by atoms with Gasteiger partial charge in [-0.2, -0.15) is 0 Å². The Balaban J connectivity index is 1.61. The second-order valence-corrected chi connectivity index (χ2v) is 5.83. The van der Waals surface area contributed by atoms with Crippen molar-refractivity contribution in [3.63, 3.8) is 0 Å². The molecule has 0 aliphatic heterocycles. The average Bonchev–Trinajstić information content (AvgIpc) is 2.55. The molecule has 1 aliphatic carbocycles. The molecule has 3 nitrogen and oxygen atoms in total. The number of aromatic nitrogens is 1. The predicted molar refractivity (Wildman–Crippen MR) is 84.8 cm³/mol. The third kappa shape index (κ3) is 3.90. The fourth-order valence-electron chi connectivity index (χ4n) is 2.94. The summed E-state index contributed by atoms with van der Waals surface area (Å²) in [4.78, 5) is 4.18. The van der Waals surface area contributed by atoms with E-state index in [2.05, 4.69) is 40.6 Å². The number of hydrogen-bond acceptors (Lipinski definition) is 3. The van der Waals surface area contributed by atoms with Crippen LogP contribution in [0.25, 0.3) is 11.1 Å². The molecule has 2 N–H and O–H groups in total. The Morgan fingerprint density at radius 3 is 2.62 bits per heavy atom. The lowest BCUT2D eigenvalue weighted by molar-refractivity contribution is 0.116. The summed E-state index contributed by atoms with van der Waals surface area (Å²) in [6, 6.07) is 13.2. The highest BCUT2D eigenvalue weighted by Gasteiger charge is 2.18. The number of nitrogens with zero attached hydrogens (tertiary/aromatic N) is 1. The van der Waals surface area contributed by atoms with E-state index in [0.29, 0.717) is 6.04 Å². The van der Waals surface area contributed by atoms with Crippen molar-refractivity contribution in [2.45, 2.75) is 44.4 Å². The van der Waals surface area contributed by atoms with Gasteiger partial charge < -0.3 is 10.4 Å². The highest BCUT2D eigenvalue weighted by Crippen LogP contribution is 2.21. The summed E-state index contributed by atoms with van der Waals surface area (Å²) in [5, 5.41) is 13.2. The van der Waals surface area contributed by atoms with Gasteiger partial charge in [0, 0.05) is 25.0 Å². The van der Waals surface area contributed by atoms with Crippen molar-refractivity contribution in [3.8, 4) is 11.1 Å². The zero-order chi connectivity index (χ0) is 14.5. The summed E-state index contributed by atoms with van der Waals surface area (Å²) in [5.74, 6) is 0. The molecule has 0 spiro atoms. The average molecular weight is 282 g/mol. The maximum atomic E-state index is 9.54. The van der Waals surface area contributed by atoms with Crippen LogP contribution in [0.5, 0.6) is 0 Å². The van der Waals surface area contributed by atoms with Gasteiger partial charge in [-0.1, -0.05) is 24.3 Å². The van der Waals surface area contributed by atoms with Crippen molar-refractivity contribution in [3.05, 3.63) is 54.4 Å². The third-order valence-corrected chi connectivity index (χ3v) is 4.21. The van der Waals surface area contributed by atoms with Crippen molar-refractivity contribution < 1.29 is 5.11 Å². The van der Waals surface area contributed by atoms with Crippen LogP contribution in [0.1, 0.15) is 31.2 Å². The molecule has 21 heavy (non-hydrogen) atoms. The number of aliphatic hydroxyl groups excluding tert-OH is 1. The molecule has 110 valence electrons. The van der Waals surface area contributed by atoms with Crippen LogP contribution in [-0.4, -0.2) is 22.2 Å². The molecule has 1 heterocycles. The van der Waals surface area contributed by atoms with Crippen LogP contribution in [-0.2, 0) is 6.54 Å². The first-order valence-electron chi connectivity index (χ1n) is 7.72. The zero-order valence-electron chi connectivity index (χ0n) is 12.2. The topological polar surface area (TPSA) is 45.1 Å². The summed E-state index contributed by atoms with van der Waals surface area (Å²) < 4.78 is 0. The fraction of sp³-hybridized carbons (Fsp3) is 0.389. The van der Waals surface area contributed by atoms with Gasteiger partial charge >= 0.3 is 0 Å². The van der Waals surface area contributed by atoms with E-state index < -0.39 is 0 Å². The molecule has 0 radical (unpaired) electrons. The lowest BCUT2D eigenvalue weighted by Gasteiger charge is -2.26. The first-order valence-corrected chi connectivity index (χ1v) is 7.72. The van der Waals surface area contributed by atoms with Gasteiger partial charge in [-0.05, 0) is 54.5 Å². The minimum atomic E-state index is -0.0861. The highest BCUT2D eigenvalue weighted by atomic mass is 16.3. The smallest absolute Gasteiger partial charge is 0.0541 e. The maximum absolute atomic E-state index is 9.54. The van der Waals surface area contributed by atoms with E-state index in [1.54, 1.807) is 6.20 Å². The van der Waals surface area contributed by atoms with Gasteiger partial charge in [0.25, 0.3) is 0 Å². The van der Waals surface area contributed by atoms with Crippen molar-refractivity contribution in [2.75, 3.05) is 0 Å². The largest absolute Gasteiger partial charge is 0.393 e. The third-order valence-electron chi connectivity index (χ3n) is 4.21. The number of pyridine rings is 1. The Kier molecular flexibility index (Phi) is 4.63. The van der Waals surface area contributed by atoms with Crippen LogP contribution in [0, 0.1) is 0 Å². The zero-order valence-corrected chi connectivity index (χ0v) is 12.2. The van der Waals surface area contributed by atoms with Gasteiger partial charge in [0.1, 0.15) is 0 Å². The SMILES string of the molecule is OC1CCC(NCc2cccc(-c3cccnc3)c2)CC1. The summed E-state index contributed by atoms with van der Waals surface area (Å²) >= 11 is 0. The van der Waals surface area contributed by atoms with E-state index in [9.17, 15) is 5.11 Å². The highest BCUT2D eigenvalue weighted by molar-refractivity contribution is 5.62. The second-order valence-electron chi connectivity index (χ2n) is 5.83. The molecule has 0 saturated heterocycles. The van der Waals surface area contributed by atoms with Gasteiger partial charge in [-0.25, -0.2) is 0 Å². The maximum Gasteiger partial charge on any atom is 0.0541 e. The van der Waals surface area contributed by atoms with E-state index in [0.717, 1.165) is 37.8 Å². The monoisotopic (exact) mass is 282 g/mol. The van der Waals surface area contributed by atoms with Crippen LogP contribution in [0.3, 0.4) is 0 Å². The second kappa shape index (κ2) is 6.83. The molecular weight excluding hydrogens is 260 g/mol. The van der Waals surface area contributed by atoms with Crippen LogP contribution >= 0.6 is 0 Å². The molecule has 1 aromatic carbocycles. The molecule has 1 aromatic heterocycles. The minimum Gasteiger partial charge on any atom is -0.393 e. The quantitative estimate of drug-likeness (QED) is 0.905. The molecule has 0 unspecified atom stereocenters. The summed E-state index contributed by atoms with van der Waals surface area (Å²) in [6.07, 6.45) is 7.60. The normalized spacial score (nSPS) is 22.1. The summed E-state index contributed by atoms with van der Waals surface area (Å²) in [6.45, 7) is 0.884. The lowest BCUT2D eigenvalue weighted by Crippen LogP contribution is -2.34. The summed E-state index contributed by atoms with van der Waals surface area (Å²) in [5.41, 5.74) is 3.66. The number of nitrogens with one attached hydrogen (secondary N) is 1. The van der Waals surface area contributed by atoms with Crippen LogP contribution in [0.15, 0.2) is 48.8 Å². The Morgan fingerprint density at radius 1 is 1.05 bits per heavy atom. The van der Waals surface area contributed by atoms with E-state index in [4.69, 9.17) is 0 Å². The van der Waals surface area contributed by atoms with Gasteiger partial charge in [0.05, 0.1) is 6.10 Å². The molecule has 3 heteroatoms. The first kappa shape index (κ1) is 14.2. The number of hydrogen-bond donors (Lipinski definition) is 2. The van der Waals surface area contributed by atoms with E-state index in [1.165, 1.54) is 11.1 Å². The van der Waals surface area contributed by atoms with E-state index >= 15 is 0 Å². The van der Waals surface area contributed by atoms with Crippen molar-refractivity contribution in [1.82, 2.24) is 10.3 Å². The number of aliphatic hydroxyl groups is 1. The standard InChI is InChI=1S/C18H22N2O/c21-18-8-6-17(7-9-18)20-12-14-3-1-4-15(11-14)16-5-2-10-19-13-16/h1-5,10-11,13,17-18,20-21H,6-9,12H2. The fourth-order valence-corrected chi connectivity index (χ4v) is 2.94. The molecule has 3 rings (SSSR count). The first-order chi connectivity index (χ1) is 10.3. The Bertz CT molecular complexity index is 562. The van der Waals surface area contributed by atoms with Crippen LogP contribution in [0.2, 0.25) is 0 Å². The molecule has 1 fully saturated rings. The van der Waals surface area contributed by atoms with Crippen molar-refractivity contribution >= 4 is 0 Å². The molecule has 1 aliphatic rings. The van der Waals surface area contributed by atoms with Crippen molar-refractivity contribution in [1.29, 1.82) is 0 Å². The molecule has 0 atom stereocenters. The Hall–Kier alpha value is -1.71. The predicted octanol–water partition coefficient (Wildman–Crippen LogP) is 3.14. The Morgan fingerprint density at radius 2 is 1.86 bits per heavy atom. The van der Waals surface area contributed by atoms with E-state index in [1.807, 2.05) is 12.3 Å². The number of rotatable bonds is 4. The van der Waals surface area contributed by atoms with Crippen molar-refractivity contribution in [2.24, 2.45) is 0 Å². The molecule has 0 bridgehead atoms. The van der Waals surface area contributed by atoms with Crippen LogP contribution < -0.4 is 5.32 Å². The lowest BCUT2D eigenvalue weighted by atomic mass is 9.93. The molecule has 1 saturated carbocycles. The van der Waals surface area contributed by atoms with E-state index in [-0.39, 0.29) is 6.10 Å². The molecule has 2 aromatic rings. The van der Waals surface area contributed by atoms with Gasteiger partial charge in [0.15, 0.2) is 0 Å². The minimum absolute atomic E-state index is 0.0861. The van der Waals surface area contributed by atoms with Gasteiger partial charge in [-0.3, -0.25) is 4.98 Å². The van der Waals surface area contributed by atoms with Gasteiger partial charge in [0.2, 0.25) is 0 Å². The Labute approximate surface area is 126 Å². The van der Waals surface area contributed by atoms with Crippen LogP contribution in [0.4, 0.5) is 0 Å². The number of benzene rings is 1. The van der Waals surface area contributed by atoms with Gasteiger partial charge in [-0.15, -0.1) is 0 Å².